The van der Waals surface area contributed by atoms with Gasteiger partial charge in [0.1, 0.15) is 0 Å². The number of aliphatic hydroxyl groups excluding tert-OH is 1. The first kappa shape index (κ1) is 10.6. The summed E-state index contributed by atoms with van der Waals surface area (Å²) in [6, 6.07) is 8.43. The molecular weight excluding hydrogens is 180 g/mol. The minimum Gasteiger partial charge on any atom is -0.396 e. The van der Waals surface area contributed by atoms with Gasteiger partial charge in [-0.1, -0.05) is 19.1 Å². The Hall–Kier alpha value is -0.470. The third-order valence-electron chi connectivity index (χ3n) is 2.30. The monoisotopic (exact) mass is 196 g/mol. The Balaban J connectivity index is 2.78. The predicted octanol–water partition coefficient (Wildman–Crippen LogP) is 2.89. The van der Waals surface area contributed by atoms with Crippen molar-refractivity contribution in [2.24, 2.45) is 0 Å². The Labute approximate surface area is 84.2 Å². The fourth-order valence-electron chi connectivity index (χ4n) is 1.35. The smallest absolute Gasteiger partial charge is 0.0499 e. The Bertz CT molecular complexity index is 239. The van der Waals surface area contributed by atoms with Crippen LogP contribution in [-0.2, 0) is 0 Å². The van der Waals surface area contributed by atoms with Gasteiger partial charge in [-0.25, -0.2) is 0 Å². The minimum atomic E-state index is 0.245. The largest absolute Gasteiger partial charge is 0.396 e. The van der Waals surface area contributed by atoms with Gasteiger partial charge in [-0.2, -0.15) is 0 Å². The van der Waals surface area contributed by atoms with Crippen LogP contribution in [-0.4, -0.2) is 18.0 Å². The summed E-state index contributed by atoms with van der Waals surface area (Å²) < 4.78 is 0. The maximum absolute atomic E-state index is 9.10. The standard InChI is InChI=1S/C11H16OS/c1-3-9(8-12)10-4-6-11(13-2)7-5-10/h4-7,9,12H,3,8H2,1-2H3. The molecule has 0 saturated carbocycles. The fourth-order valence-corrected chi connectivity index (χ4v) is 1.75. The van der Waals surface area contributed by atoms with Crippen LogP contribution in [0.2, 0.25) is 0 Å². The third kappa shape index (κ3) is 2.75. The number of hydrogen-bond donors (Lipinski definition) is 1. The lowest BCUT2D eigenvalue weighted by Gasteiger charge is -2.11. The van der Waals surface area contributed by atoms with E-state index in [0.717, 1.165) is 6.42 Å². The van der Waals surface area contributed by atoms with Crippen molar-refractivity contribution in [1.29, 1.82) is 0 Å². The van der Waals surface area contributed by atoms with Crippen molar-refractivity contribution >= 4 is 11.8 Å². The highest BCUT2D eigenvalue weighted by atomic mass is 32.2. The molecule has 0 aliphatic rings. The van der Waals surface area contributed by atoms with Crippen molar-refractivity contribution in [2.75, 3.05) is 12.9 Å². The Morgan fingerprint density at radius 2 is 1.92 bits per heavy atom. The zero-order valence-corrected chi connectivity index (χ0v) is 8.97. The minimum absolute atomic E-state index is 0.245. The first-order chi connectivity index (χ1) is 6.31. The van der Waals surface area contributed by atoms with Gasteiger partial charge in [0.2, 0.25) is 0 Å². The highest BCUT2D eigenvalue weighted by molar-refractivity contribution is 7.98. The zero-order valence-electron chi connectivity index (χ0n) is 8.16. The molecule has 1 aromatic rings. The van der Waals surface area contributed by atoms with Gasteiger partial charge in [0.15, 0.2) is 0 Å². The predicted molar refractivity (Wildman–Crippen MR) is 58.3 cm³/mol. The van der Waals surface area contributed by atoms with Gasteiger partial charge < -0.3 is 5.11 Å². The van der Waals surface area contributed by atoms with Gasteiger partial charge >= 0.3 is 0 Å². The van der Waals surface area contributed by atoms with E-state index in [1.54, 1.807) is 11.8 Å². The molecule has 0 heterocycles. The summed E-state index contributed by atoms with van der Waals surface area (Å²) in [5, 5.41) is 9.10. The maximum atomic E-state index is 9.10. The van der Waals surface area contributed by atoms with Crippen molar-refractivity contribution in [2.45, 2.75) is 24.2 Å². The van der Waals surface area contributed by atoms with Gasteiger partial charge in [0, 0.05) is 17.4 Å². The molecule has 72 valence electrons. The summed E-state index contributed by atoms with van der Waals surface area (Å²) >= 11 is 1.74. The van der Waals surface area contributed by atoms with E-state index < -0.39 is 0 Å². The van der Waals surface area contributed by atoms with E-state index in [1.807, 2.05) is 0 Å². The van der Waals surface area contributed by atoms with Gasteiger partial charge in [-0.15, -0.1) is 11.8 Å². The molecular formula is C11H16OS. The first-order valence-corrected chi connectivity index (χ1v) is 5.79. The second-order valence-corrected chi connectivity index (χ2v) is 3.94. The summed E-state index contributed by atoms with van der Waals surface area (Å²) in [6.07, 6.45) is 3.06. The normalized spacial score (nSPS) is 12.8. The number of benzene rings is 1. The van der Waals surface area contributed by atoms with Crippen LogP contribution in [0.25, 0.3) is 0 Å². The van der Waals surface area contributed by atoms with Crippen LogP contribution in [0.15, 0.2) is 29.2 Å². The van der Waals surface area contributed by atoms with Crippen molar-refractivity contribution in [3.05, 3.63) is 29.8 Å². The number of hydrogen-bond acceptors (Lipinski definition) is 2. The van der Waals surface area contributed by atoms with E-state index in [2.05, 4.69) is 37.4 Å². The highest BCUT2D eigenvalue weighted by Gasteiger charge is 2.06. The van der Waals surface area contributed by atoms with Crippen molar-refractivity contribution in [3.63, 3.8) is 0 Å². The summed E-state index contributed by atoms with van der Waals surface area (Å²) in [4.78, 5) is 1.27. The Kier molecular flexibility index (Phi) is 4.33. The van der Waals surface area contributed by atoms with E-state index in [-0.39, 0.29) is 6.61 Å². The Morgan fingerprint density at radius 3 is 2.31 bits per heavy atom. The molecule has 0 radical (unpaired) electrons. The van der Waals surface area contributed by atoms with E-state index >= 15 is 0 Å². The summed E-state index contributed by atoms with van der Waals surface area (Å²) in [5.74, 6) is 0.302. The van der Waals surface area contributed by atoms with E-state index in [4.69, 9.17) is 5.11 Å². The van der Waals surface area contributed by atoms with Gasteiger partial charge in [-0.3, -0.25) is 0 Å². The van der Waals surface area contributed by atoms with E-state index in [1.165, 1.54) is 10.5 Å². The molecule has 0 aliphatic heterocycles. The van der Waals surface area contributed by atoms with Gasteiger partial charge in [0.05, 0.1) is 0 Å². The van der Waals surface area contributed by atoms with Crippen molar-refractivity contribution in [3.8, 4) is 0 Å². The summed E-state index contributed by atoms with van der Waals surface area (Å²) in [7, 11) is 0. The van der Waals surface area contributed by atoms with Crippen LogP contribution >= 0.6 is 11.8 Å². The summed E-state index contributed by atoms with van der Waals surface area (Å²) in [5.41, 5.74) is 1.24. The average molecular weight is 196 g/mol. The molecule has 1 rings (SSSR count). The molecule has 1 N–H and O–H groups in total. The van der Waals surface area contributed by atoms with E-state index in [9.17, 15) is 0 Å². The molecule has 1 aromatic carbocycles. The van der Waals surface area contributed by atoms with E-state index in [0.29, 0.717) is 5.92 Å². The second kappa shape index (κ2) is 5.30. The SMILES string of the molecule is CCC(CO)c1ccc(SC)cc1. The molecule has 1 unspecified atom stereocenters. The maximum Gasteiger partial charge on any atom is 0.0499 e. The lowest BCUT2D eigenvalue weighted by atomic mass is 9.98. The molecule has 13 heavy (non-hydrogen) atoms. The fraction of sp³-hybridized carbons (Fsp3) is 0.455. The van der Waals surface area contributed by atoms with Gasteiger partial charge in [0.25, 0.3) is 0 Å². The molecule has 0 fully saturated rings. The lowest BCUT2D eigenvalue weighted by molar-refractivity contribution is 0.262. The molecule has 1 nitrogen and oxygen atoms in total. The molecule has 0 amide bonds. The third-order valence-corrected chi connectivity index (χ3v) is 3.04. The average Bonchev–Trinajstić information content (AvgIpc) is 2.21. The lowest BCUT2D eigenvalue weighted by Crippen LogP contribution is -2.01. The van der Waals surface area contributed by atoms with Crippen LogP contribution in [0.3, 0.4) is 0 Å². The molecule has 2 heteroatoms. The molecule has 0 bridgehead atoms. The van der Waals surface area contributed by atoms with Crippen LogP contribution in [0.1, 0.15) is 24.8 Å². The van der Waals surface area contributed by atoms with Crippen LogP contribution in [0, 0.1) is 0 Å². The topological polar surface area (TPSA) is 20.2 Å². The van der Waals surface area contributed by atoms with Crippen LogP contribution in [0.5, 0.6) is 0 Å². The summed E-state index contributed by atoms with van der Waals surface area (Å²) in [6.45, 7) is 2.35. The van der Waals surface area contributed by atoms with Crippen molar-refractivity contribution in [1.82, 2.24) is 0 Å². The molecule has 1 atom stereocenters. The van der Waals surface area contributed by atoms with Gasteiger partial charge in [-0.05, 0) is 30.4 Å². The second-order valence-electron chi connectivity index (χ2n) is 3.06. The number of thioether (sulfide) groups is 1. The number of rotatable bonds is 4. The Morgan fingerprint density at radius 1 is 1.31 bits per heavy atom. The van der Waals surface area contributed by atoms with Crippen molar-refractivity contribution < 1.29 is 5.11 Å². The molecule has 0 aromatic heterocycles. The zero-order chi connectivity index (χ0) is 9.68. The molecule has 0 aliphatic carbocycles. The molecule has 0 spiro atoms. The first-order valence-electron chi connectivity index (χ1n) is 4.56. The highest BCUT2D eigenvalue weighted by Crippen LogP contribution is 2.22. The number of aliphatic hydroxyl groups is 1. The quantitative estimate of drug-likeness (QED) is 0.747. The molecule has 0 saturated heterocycles. The van der Waals surface area contributed by atoms with Crippen LogP contribution < -0.4 is 0 Å². The van der Waals surface area contributed by atoms with Crippen LogP contribution in [0.4, 0.5) is 0 Å².